The molecule has 1 aromatic heterocycles. The summed E-state index contributed by atoms with van der Waals surface area (Å²) in [6, 6.07) is 8.66. The summed E-state index contributed by atoms with van der Waals surface area (Å²) in [6.45, 7) is 2.72. The third-order valence-corrected chi connectivity index (χ3v) is 3.44. The zero-order valence-corrected chi connectivity index (χ0v) is 12.6. The summed E-state index contributed by atoms with van der Waals surface area (Å²) in [5.74, 6) is 0. The fourth-order valence-electron chi connectivity index (χ4n) is 2.18. The van der Waals surface area contributed by atoms with E-state index in [-0.39, 0.29) is 22.8 Å². The van der Waals surface area contributed by atoms with E-state index in [4.69, 9.17) is 18.0 Å². The van der Waals surface area contributed by atoms with Crippen LogP contribution in [0.1, 0.15) is 24.5 Å². The summed E-state index contributed by atoms with van der Waals surface area (Å²) in [6.07, 6.45) is 2.35. The summed E-state index contributed by atoms with van der Waals surface area (Å²) in [7, 11) is 0. The first-order valence-electron chi connectivity index (χ1n) is 6.72. The van der Waals surface area contributed by atoms with Crippen molar-refractivity contribution in [2.75, 3.05) is 0 Å². The Labute approximate surface area is 127 Å². The predicted molar refractivity (Wildman–Crippen MR) is 86.7 cm³/mol. The average Bonchev–Trinajstić information content (AvgIpc) is 2.47. The molecule has 2 N–H and O–H groups in total. The number of nitrogens with zero attached hydrogens (tertiary/aromatic N) is 2. The smallest absolute Gasteiger partial charge is 0.331 e. The van der Waals surface area contributed by atoms with Crippen molar-refractivity contribution in [3.05, 3.63) is 68.5 Å². The van der Waals surface area contributed by atoms with Gasteiger partial charge in [-0.2, -0.15) is 0 Å². The molecule has 0 saturated carbocycles. The monoisotopic (exact) mass is 303 g/mol. The Balaban J connectivity index is 2.50. The molecule has 0 bridgehead atoms. The molecule has 0 aliphatic carbocycles. The van der Waals surface area contributed by atoms with E-state index in [1.807, 2.05) is 25.1 Å². The van der Waals surface area contributed by atoms with Crippen LogP contribution in [0.2, 0.25) is 0 Å². The first kappa shape index (κ1) is 15.2. The molecule has 0 spiro atoms. The maximum absolute atomic E-state index is 12.3. The summed E-state index contributed by atoms with van der Waals surface area (Å²) in [5, 5.41) is 0. The van der Waals surface area contributed by atoms with Crippen LogP contribution in [-0.4, -0.2) is 14.1 Å². The van der Waals surface area contributed by atoms with Crippen molar-refractivity contribution < 1.29 is 0 Å². The lowest BCUT2D eigenvalue weighted by atomic mass is 10.1. The molecule has 0 saturated heterocycles. The number of hydrogen-bond acceptors (Lipinski definition) is 3. The lowest BCUT2D eigenvalue weighted by molar-refractivity contribution is 0.570. The Morgan fingerprint density at radius 1 is 1.24 bits per heavy atom. The molecule has 0 aliphatic heterocycles. The third-order valence-electron chi connectivity index (χ3n) is 3.22. The first-order valence-corrected chi connectivity index (χ1v) is 7.13. The van der Waals surface area contributed by atoms with Gasteiger partial charge in [-0.05, 0) is 12.0 Å². The highest BCUT2D eigenvalue weighted by molar-refractivity contribution is 7.80. The molecule has 1 heterocycles. The normalized spacial score (nSPS) is 10.5. The van der Waals surface area contributed by atoms with E-state index in [0.717, 1.165) is 12.0 Å². The Morgan fingerprint density at radius 3 is 2.62 bits per heavy atom. The molecule has 5 nitrogen and oxygen atoms in total. The van der Waals surface area contributed by atoms with Gasteiger partial charge in [-0.15, -0.1) is 0 Å². The van der Waals surface area contributed by atoms with Gasteiger partial charge in [0.05, 0.1) is 6.54 Å². The van der Waals surface area contributed by atoms with Crippen LogP contribution in [-0.2, 0) is 13.1 Å². The number of aromatic nitrogens is 2. The van der Waals surface area contributed by atoms with Gasteiger partial charge in [0.25, 0.3) is 5.56 Å². The molecule has 21 heavy (non-hydrogen) atoms. The van der Waals surface area contributed by atoms with Crippen molar-refractivity contribution in [3.8, 4) is 0 Å². The second-order valence-electron chi connectivity index (χ2n) is 4.74. The SMILES string of the molecule is CCCn1ccc(=O)n(Cc2ccccc2C(N)=S)c1=O. The van der Waals surface area contributed by atoms with Crippen LogP contribution in [0.4, 0.5) is 0 Å². The van der Waals surface area contributed by atoms with Crippen LogP contribution < -0.4 is 17.0 Å². The molecule has 0 aliphatic rings. The van der Waals surface area contributed by atoms with E-state index in [1.165, 1.54) is 21.4 Å². The highest BCUT2D eigenvalue weighted by Gasteiger charge is 2.09. The molecule has 0 amide bonds. The van der Waals surface area contributed by atoms with Gasteiger partial charge in [-0.25, -0.2) is 4.79 Å². The molecule has 2 aromatic rings. The highest BCUT2D eigenvalue weighted by Crippen LogP contribution is 2.09. The molecule has 110 valence electrons. The molecule has 0 atom stereocenters. The Morgan fingerprint density at radius 2 is 1.95 bits per heavy atom. The average molecular weight is 303 g/mol. The van der Waals surface area contributed by atoms with Crippen LogP contribution in [0.5, 0.6) is 0 Å². The van der Waals surface area contributed by atoms with Gasteiger partial charge in [-0.3, -0.25) is 9.36 Å². The number of aryl methyl sites for hydroxylation is 1. The molecule has 2 rings (SSSR count). The molecular weight excluding hydrogens is 286 g/mol. The minimum absolute atomic E-state index is 0.162. The predicted octanol–water partition coefficient (Wildman–Crippen LogP) is 1.10. The Hall–Kier alpha value is -2.21. The maximum atomic E-state index is 12.3. The molecule has 0 fully saturated rings. The van der Waals surface area contributed by atoms with Crippen LogP contribution in [0.25, 0.3) is 0 Å². The summed E-state index contributed by atoms with van der Waals surface area (Å²) >= 11 is 5.01. The minimum Gasteiger partial charge on any atom is -0.389 e. The zero-order valence-electron chi connectivity index (χ0n) is 11.8. The van der Waals surface area contributed by atoms with E-state index < -0.39 is 0 Å². The van der Waals surface area contributed by atoms with Gasteiger partial charge in [0, 0.05) is 24.4 Å². The number of rotatable bonds is 5. The maximum Gasteiger partial charge on any atom is 0.331 e. The van der Waals surface area contributed by atoms with Gasteiger partial charge < -0.3 is 10.3 Å². The van der Waals surface area contributed by atoms with Gasteiger partial charge >= 0.3 is 5.69 Å². The Bertz CT molecular complexity index is 777. The van der Waals surface area contributed by atoms with Gasteiger partial charge in [0.1, 0.15) is 4.99 Å². The standard InChI is InChI=1S/C15H17N3O2S/c1-2-8-17-9-7-13(19)18(15(17)20)10-11-5-3-4-6-12(11)14(16)21/h3-7,9H,2,8,10H2,1H3,(H2,16,21). The van der Waals surface area contributed by atoms with Crippen molar-refractivity contribution >= 4 is 17.2 Å². The van der Waals surface area contributed by atoms with Gasteiger partial charge in [-0.1, -0.05) is 43.4 Å². The van der Waals surface area contributed by atoms with Crippen LogP contribution in [0.15, 0.2) is 46.1 Å². The van der Waals surface area contributed by atoms with Crippen LogP contribution in [0, 0.1) is 0 Å². The van der Waals surface area contributed by atoms with E-state index in [2.05, 4.69) is 0 Å². The van der Waals surface area contributed by atoms with Crippen LogP contribution in [0.3, 0.4) is 0 Å². The number of benzene rings is 1. The van der Waals surface area contributed by atoms with E-state index in [0.29, 0.717) is 12.1 Å². The fraction of sp³-hybridized carbons (Fsp3) is 0.267. The van der Waals surface area contributed by atoms with Crippen molar-refractivity contribution in [1.82, 2.24) is 9.13 Å². The second kappa shape index (κ2) is 6.49. The van der Waals surface area contributed by atoms with Gasteiger partial charge in [0.2, 0.25) is 0 Å². The summed E-state index contributed by atoms with van der Waals surface area (Å²) in [5.41, 5.74) is 6.48. The van der Waals surface area contributed by atoms with E-state index >= 15 is 0 Å². The molecule has 0 radical (unpaired) electrons. The topological polar surface area (TPSA) is 70.0 Å². The summed E-state index contributed by atoms with van der Waals surface area (Å²) < 4.78 is 2.73. The van der Waals surface area contributed by atoms with Crippen molar-refractivity contribution in [2.24, 2.45) is 5.73 Å². The van der Waals surface area contributed by atoms with E-state index in [1.54, 1.807) is 6.07 Å². The number of thiocarbonyl (C=S) groups is 1. The molecule has 6 heteroatoms. The lowest BCUT2D eigenvalue weighted by Gasteiger charge is -2.11. The zero-order chi connectivity index (χ0) is 15.4. The molecular formula is C15H17N3O2S. The van der Waals surface area contributed by atoms with Crippen molar-refractivity contribution in [3.63, 3.8) is 0 Å². The minimum atomic E-state index is -0.329. The van der Waals surface area contributed by atoms with Crippen molar-refractivity contribution in [2.45, 2.75) is 26.4 Å². The second-order valence-corrected chi connectivity index (χ2v) is 5.18. The largest absolute Gasteiger partial charge is 0.389 e. The molecule has 0 unspecified atom stereocenters. The Kier molecular flexibility index (Phi) is 4.70. The lowest BCUT2D eigenvalue weighted by Crippen LogP contribution is -2.39. The fourth-order valence-corrected chi connectivity index (χ4v) is 2.38. The van der Waals surface area contributed by atoms with Crippen molar-refractivity contribution in [1.29, 1.82) is 0 Å². The van der Waals surface area contributed by atoms with Crippen LogP contribution >= 0.6 is 12.2 Å². The van der Waals surface area contributed by atoms with E-state index in [9.17, 15) is 9.59 Å². The van der Waals surface area contributed by atoms with Gasteiger partial charge in [0.15, 0.2) is 0 Å². The molecule has 1 aromatic carbocycles. The number of hydrogen-bond donors (Lipinski definition) is 1. The summed E-state index contributed by atoms with van der Waals surface area (Å²) in [4.78, 5) is 24.5. The third kappa shape index (κ3) is 3.28. The first-order chi connectivity index (χ1) is 10.0. The number of nitrogens with two attached hydrogens (primary N) is 1. The quantitative estimate of drug-likeness (QED) is 0.840. The highest BCUT2D eigenvalue weighted by atomic mass is 32.1.